The molecule has 0 radical (unpaired) electrons. The van der Waals surface area contributed by atoms with Crippen molar-refractivity contribution in [3.8, 4) is 0 Å². The Labute approximate surface area is 290 Å². The van der Waals surface area contributed by atoms with Crippen LogP contribution in [0.25, 0.3) is 0 Å². The minimum absolute atomic E-state index is 0.265. The molecule has 1 aliphatic heterocycles. The largest absolute Gasteiger partial charge is 0.394 e. The van der Waals surface area contributed by atoms with Gasteiger partial charge < -0.3 is 50.5 Å². The second-order valence-electron chi connectivity index (χ2n) is 14.0. The summed E-state index contributed by atoms with van der Waals surface area (Å²) in [6.45, 7) is 3.36. The molecule has 0 aromatic carbocycles. The third-order valence-corrected chi connectivity index (χ3v) is 9.66. The number of unbranched alkanes of at least 4 members (excludes halogenated alkanes) is 19. The van der Waals surface area contributed by atoms with Crippen molar-refractivity contribution in [2.75, 3.05) is 13.2 Å². The van der Waals surface area contributed by atoms with Crippen LogP contribution < -0.4 is 5.32 Å². The van der Waals surface area contributed by atoms with E-state index in [2.05, 4.69) is 19.2 Å². The number of carbonyl (C=O) groups excluding carboxylic acids is 1. The second kappa shape index (κ2) is 28.8. The Morgan fingerprint density at radius 3 is 1.54 bits per heavy atom. The SMILES string of the molecule is CCCCCCCCCCCCCCCC(O)C(=O)NC(COC1OC(CO)C(O)C(O)C1O)C(O)C(O)CCCCCCCCCC. The highest BCUT2D eigenvalue weighted by molar-refractivity contribution is 5.80. The van der Waals surface area contributed by atoms with Crippen molar-refractivity contribution in [3.63, 3.8) is 0 Å². The molecular formula is C37H73NO10. The number of hydrogen-bond acceptors (Lipinski definition) is 10. The number of carbonyl (C=O) groups is 1. The molecule has 0 spiro atoms. The fourth-order valence-corrected chi connectivity index (χ4v) is 6.32. The van der Waals surface area contributed by atoms with E-state index in [1.165, 1.54) is 83.5 Å². The van der Waals surface area contributed by atoms with Crippen molar-refractivity contribution < 1.29 is 50.0 Å². The van der Waals surface area contributed by atoms with Crippen LogP contribution in [0.3, 0.4) is 0 Å². The van der Waals surface area contributed by atoms with Crippen LogP contribution in [-0.4, -0.2) is 110 Å². The van der Waals surface area contributed by atoms with E-state index in [4.69, 9.17) is 9.47 Å². The van der Waals surface area contributed by atoms with Gasteiger partial charge in [-0.2, -0.15) is 0 Å². The third kappa shape index (κ3) is 19.5. The van der Waals surface area contributed by atoms with Crippen molar-refractivity contribution in [1.29, 1.82) is 0 Å². The first-order valence-corrected chi connectivity index (χ1v) is 19.4. The van der Waals surface area contributed by atoms with Gasteiger partial charge in [-0.15, -0.1) is 0 Å². The third-order valence-electron chi connectivity index (χ3n) is 9.66. The van der Waals surface area contributed by atoms with Crippen molar-refractivity contribution >= 4 is 5.91 Å². The molecule has 11 heteroatoms. The number of aliphatic hydroxyl groups excluding tert-OH is 7. The molecule has 0 saturated carbocycles. The lowest BCUT2D eigenvalue weighted by Crippen LogP contribution is -2.60. The Balaban J connectivity index is 2.54. The van der Waals surface area contributed by atoms with E-state index in [0.29, 0.717) is 19.3 Å². The Kier molecular flexibility index (Phi) is 27.0. The number of rotatable bonds is 31. The van der Waals surface area contributed by atoms with Crippen LogP contribution in [0.2, 0.25) is 0 Å². The fraction of sp³-hybridized carbons (Fsp3) is 0.973. The van der Waals surface area contributed by atoms with Crippen molar-refractivity contribution in [2.45, 2.75) is 217 Å². The number of amides is 1. The molecular weight excluding hydrogens is 618 g/mol. The van der Waals surface area contributed by atoms with Gasteiger partial charge >= 0.3 is 0 Å². The normalized spacial score (nSPS) is 23.9. The molecule has 1 saturated heterocycles. The molecule has 1 amide bonds. The summed E-state index contributed by atoms with van der Waals surface area (Å²) in [5.74, 6) is -0.699. The van der Waals surface area contributed by atoms with Crippen LogP contribution in [0, 0.1) is 0 Å². The van der Waals surface area contributed by atoms with E-state index in [1.807, 2.05) is 0 Å². The number of hydrogen-bond donors (Lipinski definition) is 8. The second-order valence-corrected chi connectivity index (χ2v) is 14.0. The standard InChI is InChI=1S/C37H73NO10/c1-3-5-7-9-11-13-14-15-16-17-19-21-23-25-30(41)36(46)38-28(27-47-37-35(45)34(44)33(43)31(26-39)48-37)32(42)29(40)24-22-20-18-12-10-8-6-4-2/h28-35,37,39-45H,3-27H2,1-2H3,(H,38,46). The lowest BCUT2D eigenvalue weighted by atomic mass is 9.98. The zero-order valence-electron chi connectivity index (χ0n) is 30.2. The number of aliphatic hydroxyl groups is 7. The van der Waals surface area contributed by atoms with E-state index in [-0.39, 0.29) is 6.42 Å². The van der Waals surface area contributed by atoms with Crippen LogP contribution in [-0.2, 0) is 14.3 Å². The van der Waals surface area contributed by atoms with Crippen molar-refractivity contribution in [3.05, 3.63) is 0 Å². The molecule has 9 unspecified atom stereocenters. The lowest BCUT2D eigenvalue weighted by molar-refractivity contribution is -0.303. The minimum atomic E-state index is -1.65. The molecule has 8 N–H and O–H groups in total. The number of nitrogens with one attached hydrogen (secondary N) is 1. The summed E-state index contributed by atoms with van der Waals surface area (Å²) in [6, 6.07) is -1.16. The monoisotopic (exact) mass is 692 g/mol. The van der Waals surface area contributed by atoms with Gasteiger partial charge in [0.15, 0.2) is 6.29 Å². The van der Waals surface area contributed by atoms with Crippen LogP contribution in [0.1, 0.15) is 162 Å². The molecule has 0 aliphatic carbocycles. The predicted octanol–water partition coefficient (Wildman–Crippen LogP) is 4.38. The van der Waals surface area contributed by atoms with Gasteiger partial charge in [-0.1, -0.05) is 149 Å². The van der Waals surface area contributed by atoms with E-state index >= 15 is 0 Å². The smallest absolute Gasteiger partial charge is 0.249 e. The van der Waals surface area contributed by atoms with Gasteiger partial charge in [-0.05, 0) is 12.8 Å². The number of ether oxygens (including phenoxy) is 2. The molecule has 0 aromatic rings. The van der Waals surface area contributed by atoms with Crippen LogP contribution in [0.15, 0.2) is 0 Å². The van der Waals surface area contributed by atoms with Gasteiger partial charge in [-0.3, -0.25) is 4.79 Å². The van der Waals surface area contributed by atoms with Crippen LogP contribution in [0.4, 0.5) is 0 Å². The molecule has 9 atom stereocenters. The quantitative estimate of drug-likeness (QED) is 0.0485. The summed E-state index contributed by atoms with van der Waals surface area (Å²) in [5, 5.41) is 75.0. The summed E-state index contributed by atoms with van der Waals surface area (Å²) >= 11 is 0. The zero-order valence-corrected chi connectivity index (χ0v) is 30.2. The molecule has 1 fully saturated rings. The maximum Gasteiger partial charge on any atom is 0.249 e. The summed E-state index contributed by atoms with van der Waals surface area (Å²) in [7, 11) is 0. The van der Waals surface area contributed by atoms with Gasteiger partial charge in [0.05, 0.1) is 25.4 Å². The maximum absolute atomic E-state index is 13.0. The lowest BCUT2D eigenvalue weighted by Gasteiger charge is -2.40. The molecule has 1 heterocycles. The highest BCUT2D eigenvalue weighted by Crippen LogP contribution is 2.23. The van der Waals surface area contributed by atoms with Crippen LogP contribution in [0.5, 0.6) is 0 Å². The average molecular weight is 692 g/mol. The molecule has 1 aliphatic rings. The highest BCUT2D eigenvalue weighted by Gasteiger charge is 2.44. The van der Waals surface area contributed by atoms with Crippen molar-refractivity contribution in [1.82, 2.24) is 5.32 Å². The Hall–Kier alpha value is -0.890. The first kappa shape index (κ1) is 45.1. The first-order chi connectivity index (χ1) is 23.2. The van der Waals surface area contributed by atoms with Gasteiger partial charge in [0.2, 0.25) is 5.91 Å². The summed E-state index contributed by atoms with van der Waals surface area (Å²) < 4.78 is 11.0. The predicted molar refractivity (Wildman–Crippen MR) is 187 cm³/mol. The Morgan fingerprint density at radius 2 is 1.08 bits per heavy atom. The minimum Gasteiger partial charge on any atom is -0.394 e. The Bertz CT molecular complexity index is 760. The zero-order chi connectivity index (χ0) is 35.6. The van der Waals surface area contributed by atoms with Gasteiger partial charge in [0.25, 0.3) is 0 Å². The molecule has 0 bridgehead atoms. The topological polar surface area (TPSA) is 189 Å². The Morgan fingerprint density at radius 1 is 0.646 bits per heavy atom. The highest BCUT2D eigenvalue weighted by atomic mass is 16.7. The maximum atomic E-state index is 13.0. The van der Waals surface area contributed by atoms with Crippen molar-refractivity contribution in [2.24, 2.45) is 0 Å². The summed E-state index contributed by atoms with van der Waals surface area (Å²) in [5.41, 5.74) is 0. The first-order valence-electron chi connectivity index (χ1n) is 19.4. The molecule has 48 heavy (non-hydrogen) atoms. The van der Waals surface area contributed by atoms with Crippen LogP contribution >= 0.6 is 0 Å². The molecule has 286 valence electrons. The van der Waals surface area contributed by atoms with E-state index in [0.717, 1.165) is 38.5 Å². The van der Waals surface area contributed by atoms with Gasteiger partial charge in [0, 0.05) is 0 Å². The van der Waals surface area contributed by atoms with E-state index < -0.39 is 74.2 Å². The van der Waals surface area contributed by atoms with E-state index in [1.54, 1.807) is 0 Å². The molecule has 0 aromatic heterocycles. The fourth-order valence-electron chi connectivity index (χ4n) is 6.32. The van der Waals surface area contributed by atoms with E-state index in [9.17, 15) is 40.5 Å². The summed E-state index contributed by atoms with van der Waals surface area (Å²) in [4.78, 5) is 13.0. The molecule has 11 nitrogen and oxygen atoms in total. The van der Waals surface area contributed by atoms with Gasteiger partial charge in [0.1, 0.15) is 36.6 Å². The summed E-state index contributed by atoms with van der Waals surface area (Å²) in [6.07, 6.45) is 13.2. The average Bonchev–Trinajstić information content (AvgIpc) is 3.08. The van der Waals surface area contributed by atoms with Gasteiger partial charge in [-0.25, -0.2) is 0 Å². The molecule has 1 rings (SSSR count).